The minimum absolute atomic E-state index is 0.0706. The lowest BCUT2D eigenvalue weighted by atomic mass is 10.1. The van der Waals surface area contributed by atoms with Crippen LogP contribution in [0.5, 0.6) is 0 Å². The van der Waals surface area contributed by atoms with Crippen molar-refractivity contribution in [3.63, 3.8) is 0 Å². The Morgan fingerprint density at radius 3 is 2.47 bits per heavy atom. The van der Waals surface area contributed by atoms with Crippen LogP contribution in [0.25, 0.3) is 0 Å². The normalized spacial score (nSPS) is 11.5. The maximum atomic E-state index is 12.3. The number of hydrogen-bond donors (Lipinski definition) is 2. The number of sulfonamides is 1. The number of hydrogen-bond acceptors (Lipinski definition) is 4. The summed E-state index contributed by atoms with van der Waals surface area (Å²) in [6.07, 6.45) is 1.65. The van der Waals surface area contributed by atoms with Crippen molar-refractivity contribution in [1.82, 2.24) is 9.78 Å². The molecule has 2 rings (SSSR count). The van der Waals surface area contributed by atoms with Crippen LogP contribution in [0.2, 0.25) is 0 Å². The van der Waals surface area contributed by atoms with Gasteiger partial charge in [-0.05, 0) is 37.1 Å². The lowest BCUT2D eigenvalue weighted by Gasteiger charge is -2.10. The Morgan fingerprint density at radius 2 is 1.89 bits per heavy atom. The second-order valence-electron chi connectivity index (χ2n) is 4.45. The molecule has 0 saturated carbocycles. The smallest absolute Gasteiger partial charge is 0.265 e. The molecule has 102 valence electrons. The Bertz CT molecular complexity index is 719. The molecule has 0 radical (unpaired) electrons. The van der Waals surface area contributed by atoms with E-state index in [0.717, 1.165) is 11.1 Å². The molecule has 0 spiro atoms. The highest BCUT2D eigenvalue weighted by molar-refractivity contribution is 7.92. The second kappa shape index (κ2) is 4.58. The number of nitrogens with one attached hydrogen (secondary N) is 1. The minimum atomic E-state index is -3.72. The molecule has 1 heterocycles. The molecule has 0 saturated heterocycles. The molecule has 0 unspecified atom stereocenters. The molecule has 0 bridgehead atoms. The van der Waals surface area contributed by atoms with Gasteiger partial charge in [0.25, 0.3) is 10.0 Å². The Kier molecular flexibility index (Phi) is 3.23. The van der Waals surface area contributed by atoms with Gasteiger partial charge in [-0.3, -0.25) is 9.40 Å². The lowest BCUT2D eigenvalue weighted by Crippen LogP contribution is -2.15. The van der Waals surface area contributed by atoms with E-state index < -0.39 is 10.0 Å². The van der Waals surface area contributed by atoms with Crippen molar-refractivity contribution in [3.05, 3.63) is 35.5 Å². The zero-order chi connectivity index (χ0) is 14.2. The maximum Gasteiger partial charge on any atom is 0.265 e. The van der Waals surface area contributed by atoms with Gasteiger partial charge in [-0.15, -0.1) is 0 Å². The fraction of sp³-hybridized carbons (Fsp3) is 0.250. The van der Waals surface area contributed by atoms with Crippen molar-refractivity contribution in [3.8, 4) is 0 Å². The Hall–Kier alpha value is -2.02. The van der Waals surface area contributed by atoms with E-state index >= 15 is 0 Å². The van der Waals surface area contributed by atoms with Crippen LogP contribution in [-0.2, 0) is 17.1 Å². The van der Waals surface area contributed by atoms with Crippen molar-refractivity contribution < 1.29 is 8.42 Å². The lowest BCUT2D eigenvalue weighted by molar-refractivity contribution is 0.601. The fourth-order valence-electron chi connectivity index (χ4n) is 1.71. The standard InChI is InChI=1S/C12H16N4O2S/c1-8-6-10(13)11(7-9(8)2)19(17,18)15-12-4-5-16(3)14-12/h4-7H,13H2,1-3H3,(H,14,15). The monoisotopic (exact) mass is 280 g/mol. The summed E-state index contributed by atoms with van der Waals surface area (Å²) in [7, 11) is -2.01. The van der Waals surface area contributed by atoms with Crippen LogP contribution in [0.1, 0.15) is 11.1 Å². The Balaban J connectivity index is 2.42. The van der Waals surface area contributed by atoms with Crippen molar-refractivity contribution in [2.24, 2.45) is 7.05 Å². The number of nitrogens with two attached hydrogens (primary N) is 1. The summed E-state index contributed by atoms with van der Waals surface area (Å²) in [6.45, 7) is 3.73. The molecule has 19 heavy (non-hydrogen) atoms. The van der Waals surface area contributed by atoms with E-state index in [-0.39, 0.29) is 16.4 Å². The van der Waals surface area contributed by atoms with E-state index in [0.29, 0.717) is 0 Å². The highest BCUT2D eigenvalue weighted by atomic mass is 32.2. The zero-order valence-corrected chi connectivity index (χ0v) is 11.8. The molecule has 0 amide bonds. The van der Waals surface area contributed by atoms with Crippen LogP contribution in [-0.4, -0.2) is 18.2 Å². The molecule has 0 aliphatic heterocycles. The molecule has 0 fully saturated rings. The van der Waals surface area contributed by atoms with Gasteiger partial charge < -0.3 is 5.73 Å². The van der Waals surface area contributed by atoms with Crippen molar-refractivity contribution in [2.75, 3.05) is 10.5 Å². The van der Waals surface area contributed by atoms with Crippen molar-refractivity contribution >= 4 is 21.5 Å². The molecule has 0 aliphatic rings. The number of benzene rings is 1. The molecule has 3 N–H and O–H groups in total. The predicted molar refractivity (Wildman–Crippen MR) is 74.3 cm³/mol. The van der Waals surface area contributed by atoms with Gasteiger partial charge in [-0.25, -0.2) is 8.42 Å². The molecule has 1 aromatic carbocycles. The Morgan fingerprint density at radius 1 is 1.26 bits per heavy atom. The first kappa shape index (κ1) is 13.4. The number of nitrogen functional groups attached to an aromatic ring is 1. The van der Waals surface area contributed by atoms with E-state index in [1.807, 2.05) is 13.8 Å². The maximum absolute atomic E-state index is 12.3. The van der Waals surface area contributed by atoms with Gasteiger partial charge >= 0.3 is 0 Å². The van der Waals surface area contributed by atoms with Gasteiger partial charge in [0.1, 0.15) is 4.90 Å². The van der Waals surface area contributed by atoms with Crippen LogP contribution >= 0.6 is 0 Å². The van der Waals surface area contributed by atoms with Crippen LogP contribution in [0.3, 0.4) is 0 Å². The molecule has 2 aromatic rings. The van der Waals surface area contributed by atoms with Crippen LogP contribution < -0.4 is 10.5 Å². The van der Waals surface area contributed by atoms with Crippen LogP contribution in [0.15, 0.2) is 29.3 Å². The van der Waals surface area contributed by atoms with E-state index in [4.69, 9.17) is 5.73 Å². The molecular formula is C12H16N4O2S. The topological polar surface area (TPSA) is 90.0 Å². The van der Waals surface area contributed by atoms with Crippen molar-refractivity contribution in [2.45, 2.75) is 18.7 Å². The summed E-state index contributed by atoms with van der Waals surface area (Å²) in [4.78, 5) is 0.0706. The first-order chi connectivity index (χ1) is 8.79. The average Bonchev–Trinajstić information content (AvgIpc) is 2.68. The van der Waals surface area contributed by atoms with Crippen LogP contribution in [0, 0.1) is 13.8 Å². The van der Waals surface area contributed by atoms with E-state index in [9.17, 15) is 8.42 Å². The summed E-state index contributed by atoms with van der Waals surface area (Å²) >= 11 is 0. The van der Waals surface area contributed by atoms with E-state index in [1.54, 1.807) is 31.4 Å². The number of rotatable bonds is 3. The summed E-state index contributed by atoms with van der Waals surface area (Å²) in [5.74, 6) is 0.264. The highest BCUT2D eigenvalue weighted by Crippen LogP contribution is 2.24. The quantitative estimate of drug-likeness (QED) is 0.832. The number of aryl methyl sites for hydroxylation is 3. The fourth-order valence-corrected chi connectivity index (χ4v) is 2.90. The van der Waals surface area contributed by atoms with Crippen LogP contribution in [0.4, 0.5) is 11.5 Å². The third-order valence-corrected chi connectivity index (χ3v) is 4.28. The third kappa shape index (κ3) is 2.70. The van der Waals surface area contributed by atoms with Gasteiger partial charge in [0.15, 0.2) is 5.82 Å². The number of nitrogens with zero attached hydrogens (tertiary/aromatic N) is 2. The molecule has 7 heteroatoms. The molecular weight excluding hydrogens is 264 g/mol. The summed E-state index contributed by atoms with van der Waals surface area (Å²) < 4.78 is 28.4. The van der Waals surface area contributed by atoms with Crippen molar-refractivity contribution in [1.29, 1.82) is 0 Å². The van der Waals surface area contributed by atoms with Gasteiger partial charge in [0.05, 0.1) is 5.69 Å². The predicted octanol–water partition coefficient (Wildman–Crippen LogP) is 1.42. The van der Waals surface area contributed by atoms with Gasteiger partial charge in [0.2, 0.25) is 0 Å². The summed E-state index contributed by atoms with van der Waals surface area (Å²) in [5, 5.41) is 3.98. The molecule has 1 aromatic heterocycles. The number of anilines is 2. The van der Waals surface area contributed by atoms with Gasteiger partial charge in [-0.2, -0.15) is 5.10 Å². The summed E-state index contributed by atoms with van der Waals surface area (Å²) in [6, 6.07) is 4.80. The second-order valence-corrected chi connectivity index (χ2v) is 6.11. The third-order valence-electron chi connectivity index (χ3n) is 2.87. The molecule has 0 aliphatic carbocycles. The minimum Gasteiger partial charge on any atom is -0.398 e. The molecule has 6 nitrogen and oxygen atoms in total. The SMILES string of the molecule is Cc1cc(N)c(S(=O)(=O)Nc2ccn(C)n2)cc1C. The number of aromatic nitrogens is 2. The zero-order valence-electron chi connectivity index (χ0n) is 11.0. The van der Waals surface area contributed by atoms with Gasteiger partial charge in [-0.1, -0.05) is 0 Å². The first-order valence-electron chi connectivity index (χ1n) is 5.69. The summed E-state index contributed by atoms with van der Waals surface area (Å²) in [5.41, 5.74) is 7.84. The first-order valence-corrected chi connectivity index (χ1v) is 7.17. The average molecular weight is 280 g/mol. The van der Waals surface area contributed by atoms with Gasteiger partial charge in [0, 0.05) is 19.3 Å². The van der Waals surface area contributed by atoms with E-state index in [2.05, 4.69) is 9.82 Å². The largest absolute Gasteiger partial charge is 0.398 e. The highest BCUT2D eigenvalue weighted by Gasteiger charge is 2.19. The molecule has 0 atom stereocenters. The Labute approximate surface area is 112 Å². The van der Waals surface area contributed by atoms with E-state index in [1.165, 1.54) is 4.68 Å².